The van der Waals surface area contributed by atoms with E-state index in [1.807, 2.05) is 24.3 Å². The van der Waals surface area contributed by atoms with Gasteiger partial charge in [-0.15, -0.1) is 11.3 Å². The first kappa shape index (κ1) is 13.1. The Labute approximate surface area is 126 Å². The predicted octanol–water partition coefficient (Wildman–Crippen LogP) is 4.47. The molecule has 0 aliphatic carbocycles. The average Bonchev–Trinajstić information content (AvgIpc) is 2.92. The van der Waals surface area contributed by atoms with Gasteiger partial charge >= 0.3 is 0 Å². The Balaban J connectivity index is 1.75. The molecule has 0 aliphatic heterocycles. The highest BCUT2D eigenvalue weighted by Gasteiger charge is 2.01. The van der Waals surface area contributed by atoms with Gasteiger partial charge in [0.25, 0.3) is 0 Å². The Morgan fingerprint density at radius 3 is 2.70 bits per heavy atom. The maximum atomic E-state index is 5.82. The Morgan fingerprint density at radius 2 is 1.95 bits per heavy atom. The second-order valence-electron chi connectivity index (χ2n) is 4.25. The van der Waals surface area contributed by atoms with Gasteiger partial charge in [-0.25, -0.2) is 4.98 Å². The van der Waals surface area contributed by atoms with E-state index in [-0.39, 0.29) is 0 Å². The molecule has 0 saturated heterocycles. The van der Waals surface area contributed by atoms with Crippen LogP contribution in [0.1, 0.15) is 4.88 Å². The number of aromatic nitrogens is 2. The Morgan fingerprint density at radius 1 is 1.10 bits per heavy atom. The first-order valence-corrected chi connectivity index (χ1v) is 7.35. The molecule has 3 aromatic rings. The molecular weight excluding hydrogens is 290 g/mol. The van der Waals surface area contributed by atoms with Crippen molar-refractivity contribution < 1.29 is 0 Å². The van der Waals surface area contributed by atoms with Crippen molar-refractivity contribution in [2.45, 2.75) is 6.54 Å². The van der Waals surface area contributed by atoms with Gasteiger partial charge in [-0.2, -0.15) is 0 Å². The minimum absolute atomic E-state index is 0.576. The number of halogens is 1. The van der Waals surface area contributed by atoms with Gasteiger partial charge in [-0.3, -0.25) is 4.98 Å². The molecule has 0 atom stereocenters. The summed E-state index contributed by atoms with van der Waals surface area (Å²) in [6, 6.07) is 12.3. The van der Waals surface area contributed by atoms with Crippen molar-refractivity contribution in [2.24, 2.45) is 0 Å². The van der Waals surface area contributed by atoms with Crippen molar-refractivity contribution in [1.29, 1.82) is 0 Å². The number of hydrogen-bond donors (Lipinski definition) is 1. The van der Waals surface area contributed by atoms with Gasteiger partial charge in [-0.05, 0) is 35.4 Å². The van der Waals surface area contributed by atoms with Crippen molar-refractivity contribution in [1.82, 2.24) is 9.97 Å². The predicted molar refractivity (Wildman–Crippen MR) is 84.1 cm³/mol. The molecule has 5 heteroatoms. The zero-order valence-electron chi connectivity index (χ0n) is 10.6. The molecule has 0 saturated carbocycles. The van der Waals surface area contributed by atoms with E-state index >= 15 is 0 Å². The summed E-state index contributed by atoms with van der Waals surface area (Å²) < 4.78 is 0.576. The van der Waals surface area contributed by atoms with E-state index in [2.05, 4.69) is 27.4 Å². The molecule has 0 amide bonds. The van der Waals surface area contributed by atoms with Crippen molar-refractivity contribution in [2.75, 3.05) is 5.32 Å². The molecule has 2 aromatic heterocycles. The molecule has 1 N–H and O–H groups in total. The molecule has 20 heavy (non-hydrogen) atoms. The van der Waals surface area contributed by atoms with Gasteiger partial charge in [0.15, 0.2) is 4.47 Å². The molecule has 1 aromatic carbocycles. The molecule has 100 valence electrons. The Bertz CT molecular complexity index is 697. The molecule has 0 aliphatic rings. The van der Waals surface area contributed by atoms with Crippen LogP contribution in [0.3, 0.4) is 0 Å². The van der Waals surface area contributed by atoms with Gasteiger partial charge < -0.3 is 5.32 Å². The molecule has 0 radical (unpaired) electrons. The molecule has 2 heterocycles. The van der Waals surface area contributed by atoms with E-state index in [0.717, 1.165) is 22.7 Å². The van der Waals surface area contributed by atoms with Gasteiger partial charge in [0.05, 0.1) is 6.54 Å². The first-order chi connectivity index (χ1) is 9.81. The summed E-state index contributed by atoms with van der Waals surface area (Å²) in [4.78, 5) is 9.18. The lowest BCUT2D eigenvalue weighted by atomic mass is 10.1. The highest BCUT2D eigenvalue weighted by Crippen LogP contribution is 2.23. The van der Waals surface area contributed by atoms with Gasteiger partial charge in [0.2, 0.25) is 0 Å². The van der Waals surface area contributed by atoms with E-state index in [9.17, 15) is 0 Å². The normalized spacial score (nSPS) is 10.4. The number of benzene rings is 1. The van der Waals surface area contributed by atoms with Crippen molar-refractivity contribution in [3.05, 3.63) is 64.3 Å². The molecule has 0 unspecified atom stereocenters. The number of pyridine rings is 1. The quantitative estimate of drug-likeness (QED) is 0.772. The van der Waals surface area contributed by atoms with Crippen LogP contribution in [0.4, 0.5) is 5.69 Å². The topological polar surface area (TPSA) is 37.8 Å². The number of hydrogen-bond acceptors (Lipinski definition) is 4. The molecule has 0 fully saturated rings. The third-order valence-electron chi connectivity index (χ3n) is 2.87. The molecule has 3 rings (SSSR count). The lowest BCUT2D eigenvalue weighted by Gasteiger charge is -2.07. The third-order valence-corrected chi connectivity index (χ3v) is 3.98. The highest BCUT2D eigenvalue weighted by molar-refractivity contribution is 7.15. The van der Waals surface area contributed by atoms with E-state index in [1.165, 1.54) is 16.9 Å². The second kappa shape index (κ2) is 6.03. The summed E-state index contributed by atoms with van der Waals surface area (Å²) in [5.74, 6) is 0. The van der Waals surface area contributed by atoms with Crippen LogP contribution in [0.5, 0.6) is 0 Å². The lowest BCUT2D eigenvalue weighted by Crippen LogP contribution is -1.97. The van der Waals surface area contributed by atoms with Crippen molar-refractivity contribution in [3.8, 4) is 11.1 Å². The number of nitrogens with zero attached hydrogens (tertiary/aromatic N) is 2. The SMILES string of the molecule is Clc1ncc(CNc2cccc(-c3ccncc3)c2)s1. The molecule has 3 nitrogen and oxygen atoms in total. The minimum atomic E-state index is 0.576. The van der Waals surface area contributed by atoms with Crippen LogP contribution in [0, 0.1) is 0 Å². The summed E-state index contributed by atoms with van der Waals surface area (Å²) in [7, 11) is 0. The van der Waals surface area contributed by atoms with Crippen molar-refractivity contribution >= 4 is 28.6 Å². The Kier molecular flexibility index (Phi) is 3.95. The largest absolute Gasteiger partial charge is 0.380 e. The van der Waals surface area contributed by atoms with E-state index in [1.54, 1.807) is 18.6 Å². The van der Waals surface area contributed by atoms with Gasteiger partial charge in [0, 0.05) is 29.2 Å². The van der Waals surface area contributed by atoms with Crippen LogP contribution in [0.2, 0.25) is 4.47 Å². The highest BCUT2D eigenvalue weighted by atomic mass is 35.5. The monoisotopic (exact) mass is 301 g/mol. The summed E-state index contributed by atoms with van der Waals surface area (Å²) >= 11 is 7.31. The zero-order chi connectivity index (χ0) is 13.8. The second-order valence-corrected chi connectivity index (χ2v) is 5.95. The van der Waals surface area contributed by atoms with Gasteiger partial charge in [0.1, 0.15) is 0 Å². The molecule has 0 spiro atoms. The van der Waals surface area contributed by atoms with E-state index in [4.69, 9.17) is 11.6 Å². The van der Waals surface area contributed by atoms with Crippen LogP contribution in [0.15, 0.2) is 55.0 Å². The zero-order valence-corrected chi connectivity index (χ0v) is 12.2. The summed E-state index contributed by atoms with van der Waals surface area (Å²) in [5.41, 5.74) is 3.40. The summed E-state index contributed by atoms with van der Waals surface area (Å²) in [6.45, 7) is 0.726. The Hall–Kier alpha value is -1.91. The maximum Gasteiger partial charge on any atom is 0.183 e. The fraction of sp³-hybridized carbons (Fsp3) is 0.0667. The maximum absolute atomic E-state index is 5.82. The van der Waals surface area contributed by atoms with E-state index in [0.29, 0.717) is 4.47 Å². The number of nitrogens with one attached hydrogen (secondary N) is 1. The lowest BCUT2D eigenvalue weighted by molar-refractivity contribution is 1.17. The first-order valence-electron chi connectivity index (χ1n) is 6.16. The van der Waals surface area contributed by atoms with Crippen LogP contribution in [-0.2, 0) is 6.54 Å². The minimum Gasteiger partial charge on any atom is -0.380 e. The smallest absolute Gasteiger partial charge is 0.183 e. The number of thiazole rings is 1. The van der Waals surface area contributed by atoms with Crippen LogP contribution >= 0.6 is 22.9 Å². The fourth-order valence-corrected chi connectivity index (χ4v) is 2.83. The standard InChI is InChI=1S/C15H12ClN3S/c16-15-19-10-14(20-15)9-18-13-3-1-2-12(8-13)11-4-6-17-7-5-11/h1-8,10,18H,9H2. The summed E-state index contributed by atoms with van der Waals surface area (Å²) in [5, 5.41) is 3.38. The van der Waals surface area contributed by atoms with Crippen molar-refractivity contribution in [3.63, 3.8) is 0 Å². The molecule has 0 bridgehead atoms. The van der Waals surface area contributed by atoms with E-state index < -0.39 is 0 Å². The van der Waals surface area contributed by atoms with Gasteiger partial charge in [-0.1, -0.05) is 23.7 Å². The number of anilines is 1. The van der Waals surface area contributed by atoms with Crippen LogP contribution in [-0.4, -0.2) is 9.97 Å². The number of rotatable bonds is 4. The third kappa shape index (κ3) is 3.15. The fourth-order valence-electron chi connectivity index (χ4n) is 1.91. The average molecular weight is 302 g/mol. The molecular formula is C15H12ClN3S. The van der Waals surface area contributed by atoms with Crippen LogP contribution < -0.4 is 5.32 Å². The summed E-state index contributed by atoms with van der Waals surface area (Å²) in [6.07, 6.45) is 5.40. The van der Waals surface area contributed by atoms with Crippen LogP contribution in [0.25, 0.3) is 11.1 Å².